The second kappa shape index (κ2) is 11.8. The van der Waals surface area contributed by atoms with Gasteiger partial charge in [0.2, 0.25) is 5.91 Å². The van der Waals surface area contributed by atoms with Crippen molar-refractivity contribution in [2.45, 2.75) is 38.8 Å². The lowest BCUT2D eigenvalue weighted by Gasteiger charge is -2.38. The van der Waals surface area contributed by atoms with Crippen molar-refractivity contribution >= 4 is 34.8 Å². The first-order valence-corrected chi connectivity index (χ1v) is 13.4. The molecule has 2 atom stereocenters. The lowest BCUT2D eigenvalue weighted by atomic mass is 10.00. The van der Waals surface area contributed by atoms with Crippen LogP contribution in [0.4, 0.5) is 0 Å². The van der Waals surface area contributed by atoms with E-state index in [2.05, 4.69) is 11.4 Å². The molecule has 1 aliphatic heterocycles. The smallest absolute Gasteiger partial charge is 0.254 e. The molecular formula is C28H31ClN2O4S. The molecule has 0 bridgehead atoms. The Bertz CT molecular complexity index is 1210. The number of thiophene rings is 1. The Balaban J connectivity index is 1.55. The van der Waals surface area contributed by atoms with Crippen LogP contribution in [0.25, 0.3) is 0 Å². The number of amides is 2. The van der Waals surface area contributed by atoms with E-state index >= 15 is 0 Å². The Kier molecular flexibility index (Phi) is 8.54. The summed E-state index contributed by atoms with van der Waals surface area (Å²) in [4.78, 5) is 31.9. The molecule has 2 aromatic carbocycles. The van der Waals surface area contributed by atoms with Crippen molar-refractivity contribution in [3.05, 3.63) is 81.0 Å². The van der Waals surface area contributed by atoms with Gasteiger partial charge in [-0.2, -0.15) is 0 Å². The van der Waals surface area contributed by atoms with Gasteiger partial charge < -0.3 is 19.3 Å². The highest BCUT2D eigenvalue weighted by atomic mass is 35.5. The number of hydrogen-bond donors (Lipinski definition) is 0. The molecule has 0 spiro atoms. The molecule has 6 nitrogen and oxygen atoms in total. The number of methoxy groups -OCH3 is 1. The van der Waals surface area contributed by atoms with Gasteiger partial charge in [0.15, 0.2) is 0 Å². The normalized spacial score (nSPS) is 15.7. The maximum absolute atomic E-state index is 13.7. The summed E-state index contributed by atoms with van der Waals surface area (Å²) in [5.41, 5.74) is 1.59. The third kappa shape index (κ3) is 5.85. The number of ether oxygens (including phenoxy) is 2. The molecule has 2 amide bonds. The van der Waals surface area contributed by atoms with Gasteiger partial charge in [-0.15, -0.1) is 11.3 Å². The molecule has 36 heavy (non-hydrogen) atoms. The summed E-state index contributed by atoms with van der Waals surface area (Å²) in [6, 6.07) is 16.0. The van der Waals surface area contributed by atoms with Crippen LogP contribution in [0.3, 0.4) is 0 Å². The molecular weight excluding hydrogens is 496 g/mol. The van der Waals surface area contributed by atoms with Gasteiger partial charge in [0.1, 0.15) is 24.7 Å². The van der Waals surface area contributed by atoms with Crippen LogP contribution in [0.1, 0.15) is 47.1 Å². The van der Waals surface area contributed by atoms with Gasteiger partial charge in [-0.25, -0.2) is 0 Å². The number of carbonyl (C=O) groups excluding carboxylic acids is 2. The number of rotatable bonds is 9. The maximum Gasteiger partial charge on any atom is 0.254 e. The first kappa shape index (κ1) is 26.0. The van der Waals surface area contributed by atoms with Crippen molar-refractivity contribution in [3.8, 4) is 11.5 Å². The molecule has 0 N–H and O–H groups in total. The van der Waals surface area contributed by atoms with Crippen molar-refractivity contribution in [2.24, 2.45) is 0 Å². The van der Waals surface area contributed by atoms with E-state index in [1.165, 1.54) is 4.88 Å². The average molecular weight is 527 g/mol. The SMILES string of the molecule is CC[C@@H](C)N(CC(=O)N1CCc2sccc2[C@@H]1COc1cccc(OC)c1)C(=O)c1cccc(Cl)c1. The van der Waals surface area contributed by atoms with Gasteiger partial charge in [0, 0.05) is 34.1 Å². The molecule has 2 heterocycles. The minimum Gasteiger partial charge on any atom is -0.497 e. The fourth-order valence-electron chi connectivity index (χ4n) is 4.41. The monoisotopic (exact) mass is 526 g/mol. The van der Waals surface area contributed by atoms with Crippen LogP contribution in [0.15, 0.2) is 60.0 Å². The molecule has 0 saturated carbocycles. The quantitative estimate of drug-likeness (QED) is 0.350. The molecule has 0 fully saturated rings. The van der Waals surface area contributed by atoms with Crippen LogP contribution >= 0.6 is 22.9 Å². The van der Waals surface area contributed by atoms with E-state index in [-0.39, 0.29) is 30.4 Å². The summed E-state index contributed by atoms with van der Waals surface area (Å²) < 4.78 is 11.4. The molecule has 0 radical (unpaired) electrons. The largest absolute Gasteiger partial charge is 0.497 e. The zero-order valence-corrected chi connectivity index (χ0v) is 22.3. The fraction of sp³-hybridized carbons (Fsp3) is 0.357. The Morgan fingerprint density at radius 3 is 2.69 bits per heavy atom. The van der Waals surface area contributed by atoms with Crippen molar-refractivity contribution in [2.75, 3.05) is 26.8 Å². The van der Waals surface area contributed by atoms with Gasteiger partial charge in [-0.3, -0.25) is 9.59 Å². The van der Waals surface area contributed by atoms with Gasteiger partial charge in [0.25, 0.3) is 5.91 Å². The number of halogens is 1. The van der Waals surface area contributed by atoms with Gasteiger partial charge in [0.05, 0.1) is 13.2 Å². The van der Waals surface area contributed by atoms with Crippen LogP contribution in [0.2, 0.25) is 5.02 Å². The summed E-state index contributed by atoms with van der Waals surface area (Å²) in [6.45, 7) is 4.87. The number of fused-ring (bicyclic) bond motifs is 1. The molecule has 0 saturated heterocycles. The minimum atomic E-state index is -0.237. The highest BCUT2D eigenvalue weighted by Crippen LogP contribution is 2.34. The highest BCUT2D eigenvalue weighted by molar-refractivity contribution is 7.10. The van der Waals surface area contributed by atoms with Crippen molar-refractivity contribution < 1.29 is 19.1 Å². The van der Waals surface area contributed by atoms with Crippen LogP contribution in [0.5, 0.6) is 11.5 Å². The predicted molar refractivity (Wildman–Crippen MR) is 143 cm³/mol. The number of benzene rings is 2. The summed E-state index contributed by atoms with van der Waals surface area (Å²) in [5.74, 6) is 1.10. The van der Waals surface area contributed by atoms with Gasteiger partial charge in [-0.05, 0) is 67.1 Å². The summed E-state index contributed by atoms with van der Waals surface area (Å²) in [7, 11) is 1.62. The number of nitrogens with zero attached hydrogens (tertiary/aromatic N) is 2. The molecule has 1 aromatic heterocycles. The van der Waals surface area contributed by atoms with Crippen LogP contribution in [-0.2, 0) is 11.2 Å². The van der Waals surface area contributed by atoms with Gasteiger partial charge in [-0.1, -0.05) is 30.7 Å². The van der Waals surface area contributed by atoms with Gasteiger partial charge >= 0.3 is 0 Å². The van der Waals surface area contributed by atoms with E-state index in [1.54, 1.807) is 47.6 Å². The van der Waals surface area contributed by atoms with E-state index in [9.17, 15) is 9.59 Å². The summed E-state index contributed by atoms with van der Waals surface area (Å²) in [5, 5.41) is 2.55. The molecule has 8 heteroatoms. The molecule has 4 rings (SSSR count). The minimum absolute atomic E-state index is 0.00448. The van der Waals surface area contributed by atoms with E-state index < -0.39 is 0 Å². The van der Waals surface area contributed by atoms with Crippen LogP contribution < -0.4 is 9.47 Å². The Hall–Kier alpha value is -3.03. The number of carbonyl (C=O) groups is 2. The van der Waals surface area contributed by atoms with E-state index in [1.807, 2.05) is 43.0 Å². The van der Waals surface area contributed by atoms with E-state index in [0.29, 0.717) is 35.2 Å². The number of hydrogen-bond acceptors (Lipinski definition) is 5. The average Bonchev–Trinajstić information content (AvgIpc) is 3.38. The summed E-state index contributed by atoms with van der Waals surface area (Å²) >= 11 is 7.83. The second-order valence-electron chi connectivity index (χ2n) is 8.84. The molecule has 190 valence electrons. The zero-order chi connectivity index (χ0) is 25.7. The molecule has 1 aliphatic rings. The van der Waals surface area contributed by atoms with Crippen molar-refractivity contribution in [3.63, 3.8) is 0 Å². The van der Waals surface area contributed by atoms with Crippen LogP contribution in [0, 0.1) is 0 Å². The lowest BCUT2D eigenvalue weighted by Crippen LogP contribution is -2.49. The Labute approximate surface area is 221 Å². The fourth-order valence-corrected chi connectivity index (χ4v) is 5.53. The van der Waals surface area contributed by atoms with Crippen LogP contribution in [-0.4, -0.2) is 54.5 Å². The maximum atomic E-state index is 13.7. The third-order valence-corrected chi connectivity index (χ3v) is 7.86. The predicted octanol–water partition coefficient (Wildman–Crippen LogP) is 5.86. The second-order valence-corrected chi connectivity index (χ2v) is 10.3. The van der Waals surface area contributed by atoms with Crippen molar-refractivity contribution in [1.29, 1.82) is 0 Å². The first-order valence-electron chi connectivity index (χ1n) is 12.1. The molecule has 3 aromatic rings. The third-order valence-electron chi connectivity index (χ3n) is 6.63. The molecule has 0 aliphatic carbocycles. The Morgan fingerprint density at radius 1 is 1.17 bits per heavy atom. The Morgan fingerprint density at radius 2 is 1.94 bits per heavy atom. The molecule has 0 unspecified atom stereocenters. The lowest BCUT2D eigenvalue weighted by molar-refractivity contribution is -0.136. The van der Waals surface area contributed by atoms with E-state index in [0.717, 1.165) is 18.4 Å². The van der Waals surface area contributed by atoms with E-state index in [4.69, 9.17) is 21.1 Å². The van der Waals surface area contributed by atoms with Crippen molar-refractivity contribution in [1.82, 2.24) is 9.80 Å². The first-order chi connectivity index (χ1) is 17.4. The zero-order valence-electron chi connectivity index (χ0n) is 20.8. The topological polar surface area (TPSA) is 59.1 Å². The summed E-state index contributed by atoms with van der Waals surface area (Å²) in [6.07, 6.45) is 1.52. The standard InChI is InChI=1S/C28H31ClN2O4S/c1-4-19(2)31(28(33)20-7-5-8-21(29)15-20)17-27(32)30-13-11-26-24(12-14-36-26)25(30)18-35-23-10-6-9-22(16-23)34-3/h5-10,12,14-16,19,25H,4,11,13,17-18H2,1-3H3/t19-,25+/m1/s1. The highest BCUT2D eigenvalue weighted by Gasteiger charge is 2.34.